The summed E-state index contributed by atoms with van der Waals surface area (Å²) in [6.07, 6.45) is -4.78. The summed E-state index contributed by atoms with van der Waals surface area (Å²) in [5.41, 5.74) is -2.22. The van der Waals surface area contributed by atoms with Crippen LogP contribution < -0.4 is 0 Å². The second-order valence-electron chi connectivity index (χ2n) is 8.06. The molecule has 0 radical (unpaired) electrons. The summed E-state index contributed by atoms with van der Waals surface area (Å²) in [5, 5.41) is 31.7. The van der Waals surface area contributed by atoms with Gasteiger partial charge in [-0.05, 0) is 19.8 Å². The van der Waals surface area contributed by atoms with Crippen molar-refractivity contribution in [2.45, 2.75) is 77.0 Å². The van der Waals surface area contributed by atoms with Gasteiger partial charge in [-0.25, -0.2) is 4.79 Å². The standard InChI is InChI=1S/C20H30O8/c1-6-9(2)18(24)28-17-16-13(11(4)19(25)27-16)8-14(22)12(5)20(17,26)15(23)7-10(3)21/h9-10,12-14,16-17,21-22,26H,4,6-8H2,1-3,5H3/t9?,10?,12-,13-,14+,16+,17-,20+/m0/s1. The molecule has 0 aromatic heterocycles. The van der Waals surface area contributed by atoms with Gasteiger partial charge >= 0.3 is 11.9 Å². The predicted octanol–water partition coefficient (Wildman–Crippen LogP) is 0.514. The maximum absolute atomic E-state index is 12.9. The summed E-state index contributed by atoms with van der Waals surface area (Å²) >= 11 is 0. The number of Topliss-reactive ketones (excluding diaryl/α,β-unsaturated/α-hetero) is 1. The number of fused-ring (bicyclic) bond motifs is 1. The number of carbonyl (C=O) groups excluding carboxylic acids is 3. The molecule has 3 N–H and O–H groups in total. The molecule has 0 amide bonds. The topological polar surface area (TPSA) is 130 Å². The van der Waals surface area contributed by atoms with Crippen molar-refractivity contribution in [3.63, 3.8) is 0 Å². The number of hydrogen-bond donors (Lipinski definition) is 3. The van der Waals surface area contributed by atoms with Gasteiger partial charge in [0.25, 0.3) is 0 Å². The van der Waals surface area contributed by atoms with E-state index in [9.17, 15) is 29.7 Å². The van der Waals surface area contributed by atoms with Crippen LogP contribution in [0.5, 0.6) is 0 Å². The van der Waals surface area contributed by atoms with E-state index in [0.717, 1.165) is 0 Å². The highest BCUT2D eigenvalue weighted by molar-refractivity contribution is 5.92. The average Bonchev–Trinajstić information content (AvgIpc) is 2.87. The molecule has 1 heterocycles. The Morgan fingerprint density at radius 3 is 2.54 bits per heavy atom. The minimum atomic E-state index is -2.33. The molecule has 1 aliphatic heterocycles. The molecule has 0 bridgehead atoms. The Bertz CT molecular complexity index is 657. The van der Waals surface area contributed by atoms with Gasteiger partial charge in [-0.3, -0.25) is 9.59 Å². The van der Waals surface area contributed by atoms with Gasteiger partial charge in [0.1, 0.15) is 6.10 Å². The van der Waals surface area contributed by atoms with Gasteiger partial charge in [-0.1, -0.05) is 27.4 Å². The third-order valence-electron chi connectivity index (χ3n) is 6.03. The molecule has 8 nitrogen and oxygen atoms in total. The first-order valence-electron chi connectivity index (χ1n) is 9.67. The van der Waals surface area contributed by atoms with Crippen molar-refractivity contribution < 1.29 is 39.2 Å². The highest BCUT2D eigenvalue weighted by Crippen LogP contribution is 2.45. The maximum atomic E-state index is 12.9. The van der Waals surface area contributed by atoms with Crippen molar-refractivity contribution >= 4 is 17.7 Å². The summed E-state index contributed by atoms with van der Waals surface area (Å²) in [4.78, 5) is 37.5. The number of carbonyl (C=O) groups is 3. The lowest BCUT2D eigenvalue weighted by Gasteiger charge is -2.40. The van der Waals surface area contributed by atoms with Gasteiger partial charge in [-0.2, -0.15) is 0 Å². The van der Waals surface area contributed by atoms with Crippen LogP contribution in [0.4, 0.5) is 0 Å². The lowest BCUT2D eigenvalue weighted by molar-refractivity contribution is -0.202. The maximum Gasteiger partial charge on any atom is 0.334 e. The van der Waals surface area contributed by atoms with E-state index in [1.54, 1.807) is 13.8 Å². The second kappa shape index (κ2) is 8.31. The van der Waals surface area contributed by atoms with Crippen molar-refractivity contribution in [3.05, 3.63) is 12.2 Å². The Balaban J connectivity index is 2.55. The quantitative estimate of drug-likeness (QED) is 0.436. The Hall–Kier alpha value is -1.77. The number of aliphatic hydroxyl groups excluding tert-OH is 2. The average molecular weight is 398 g/mol. The highest BCUT2D eigenvalue weighted by atomic mass is 16.6. The summed E-state index contributed by atoms with van der Waals surface area (Å²) < 4.78 is 10.9. The van der Waals surface area contributed by atoms with E-state index >= 15 is 0 Å². The molecule has 2 unspecified atom stereocenters. The minimum Gasteiger partial charge on any atom is -0.455 e. The van der Waals surface area contributed by atoms with Gasteiger partial charge in [0, 0.05) is 23.8 Å². The Morgan fingerprint density at radius 2 is 2.00 bits per heavy atom. The fourth-order valence-corrected chi connectivity index (χ4v) is 3.86. The number of hydrogen-bond acceptors (Lipinski definition) is 8. The number of esters is 2. The van der Waals surface area contributed by atoms with E-state index in [0.29, 0.717) is 6.42 Å². The predicted molar refractivity (Wildman–Crippen MR) is 97.9 cm³/mol. The van der Waals surface area contributed by atoms with Crippen LogP contribution in [0.15, 0.2) is 12.2 Å². The van der Waals surface area contributed by atoms with Crippen LogP contribution in [-0.4, -0.2) is 63.1 Å². The van der Waals surface area contributed by atoms with Crippen LogP contribution in [0.25, 0.3) is 0 Å². The second-order valence-corrected chi connectivity index (χ2v) is 8.06. The summed E-state index contributed by atoms with van der Waals surface area (Å²) in [6.45, 7) is 9.99. The number of ketones is 1. The molecule has 2 aliphatic rings. The van der Waals surface area contributed by atoms with Crippen LogP contribution in [-0.2, 0) is 23.9 Å². The van der Waals surface area contributed by atoms with E-state index < -0.39 is 71.9 Å². The molecule has 2 fully saturated rings. The SMILES string of the molecule is C=C1C(=O)O[C@@H]2[C@H]1C[C@@H](O)[C@H](C)[C@@](O)(C(=O)CC(C)O)[C@H]2OC(=O)C(C)CC. The first kappa shape index (κ1) is 22.5. The smallest absolute Gasteiger partial charge is 0.334 e. The van der Waals surface area contributed by atoms with Crippen LogP contribution in [0.3, 0.4) is 0 Å². The Morgan fingerprint density at radius 1 is 1.39 bits per heavy atom. The van der Waals surface area contributed by atoms with Crippen molar-refractivity contribution in [3.8, 4) is 0 Å². The van der Waals surface area contributed by atoms with Gasteiger partial charge in [0.15, 0.2) is 17.5 Å². The lowest BCUT2D eigenvalue weighted by atomic mass is 9.75. The summed E-state index contributed by atoms with van der Waals surface area (Å²) in [6, 6.07) is 0. The molecule has 1 saturated carbocycles. The molecule has 2 rings (SSSR count). The molecule has 1 aliphatic carbocycles. The summed E-state index contributed by atoms with van der Waals surface area (Å²) in [7, 11) is 0. The van der Waals surface area contributed by atoms with Crippen molar-refractivity contribution in [1.82, 2.24) is 0 Å². The molecule has 8 atom stereocenters. The van der Waals surface area contributed by atoms with Crippen molar-refractivity contribution in [2.24, 2.45) is 17.8 Å². The molecular weight excluding hydrogens is 368 g/mol. The van der Waals surface area contributed by atoms with E-state index in [1.165, 1.54) is 13.8 Å². The molecule has 28 heavy (non-hydrogen) atoms. The van der Waals surface area contributed by atoms with E-state index in [2.05, 4.69) is 6.58 Å². The van der Waals surface area contributed by atoms with Gasteiger partial charge in [-0.15, -0.1) is 0 Å². The normalized spacial score (nSPS) is 37.5. The first-order valence-corrected chi connectivity index (χ1v) is 9.67. The molecule has 8 heteroatoms. The monoisotopic (exact) mass is 398 g/mol. The van der Waals surface area contributed by atoms with Gasteiger partial charge in [0.05, 0.1) is 18.1 Å². The van der Waals surface area contributed by atoms with Crippen molar-refractivity contribution in [1.29, 1.82) is 0 Å². The Labute approximate surface area is 164 Å². The number of rotatable bonds is 6. The van der Waals surface area contributed by atoms with Crippen LogP contribution in [0.2, 0.25) is 0 Å². The van der Waals surface area contributed by atoms with E-state index in [1.807, 2.05) is 0 Å². The highest BCUT2D eigenvalue weighted by Gasteiger charge is 2.62. The molecule has 0 spiro atoms. The fraction of sp³-hybridized carbons (Fsp3) is 0.750. The van der Waals surface area contributed by atoms with E-state index in [4.69, 9.17) is 9.47 Å². The van der Waals surface area contributed by atoms with Gasteiger partial charge in [0.2, 0.25) is 0 Å². The third kappa shape index (κ3) is 3.86. The molecule has 0 aromatic rings. The molecule has 0 aromatic carbocycles. The Kier molecular flexibility index (Phi) is 6.68. The zero-order chi connectivity index (χ0) is 21.4. The van der Waals surface area contributed by atoms with Crippen molar-refractivity contribution in [2.75, 3.05) is 0 Å². The minimum absolute atomic E-state index is 0.0259. The molecular formula is C20H30O8. The van der Waals surface area contributed by atoms with Gasteiger partial charge < -0.3 is 24.8 Å². The zero-order valence-corrected chi connectivity index (χ0v) is 16.8. The zero-order valence-electron chi connectivity index (χ0n) is 16.8. The lowest BCUT2D eigenvalue weighted by Crippen LogP contribution is -2.61. The number of ether oxygens (including phenoxy) is 2. The fourth-order valence-electron chi connectivity index (χ4n) is 3.86. The van der Waals surface area contributed by atoms with Crippen LogP contribution in [0, 0.1) is 17.8 Å². The first-order chi connectivity index (χ1) is 12.9. The van der Waals surface area contributed by atoms with E-state index in [-0.39, 0.29) is 12.0 Å². The number of aliphatic hydroxyl groups is 3. The molecule has 1 saturated heterocycles. The third-order valence-corrected chi connectivity index (χ3v) is 6.03. The summed E-state index contributed by atoms with van der Waals surface area (Å²) in [5.74, 6) is -4.37. The molecule has 158 valence electrons. The van der Waals surface area contributed by atoms with Crippen LogP contribution in [0.1, 0.15) is 47.0 Å². The van der Waals surface area contributed by atoms with Crippen LogP contribution >= 0.6 is 0 Å². The largest absolute Gasteiger partial charge is 0.455 e.